The van der Waals surface area contributed by atoms with Gasteiger partial charge in [0.05, 0.1) is 6.54 Å². The Balaban J connectivity index is 2.30. The third kappa shape index (κ3) is 4.16. The number of benzene rings is 1. The summed E-state index contributed by atoms with van der Waals surface area (Å²) < 4.78 is 0. The van der Waals surface area contributed by atoms with Crippen LogP contribution in [-0.2, 0) is 0 Å². The summed E-state index contributed by atoms with van der Waals surface area (Å²) in [5, 5.41) is 5.81. The third-order valence-electron chi connectivity index (χ3n) is 2.13. The van der Waals surface area contributed by atoms with Crippen molar-refractivity contribution in [1.82, 2.24) is 10.6 Å². The lowest BCUT2D eigenvalue weighted by molar-refractivity contribution is 0.0954. The highest BCUT2D eigenvalue weighted by molar-refractivity contribution is 5.94. The minimum Gasteiger partial charge on any atom is -0.351 e. The quantitative estimate of drug-likeness (QED) is 0.568. The van der Waals surface area contributed by atoms with E-state index in [1.54, 1.807) is 0 Å². The van der Waals surface area contributed by atoms with Gasteiger partial charge in [0, 0.05) is 18.7 Å². The van der Waals surface area contributed by atoms with E-state index in [9.17, 15) is 4.79 Å². The monoisotopic (exact) mass is 216 g/mol. The van der Waals surface area contributed by atoms with E-state index in [-0.39, 0.29) is 5.91 Å². The lowest BCUT2D eigenvalue weighted by atomic mass is 10.1. The van der Waals surface area contributed by atoms with Gasteiger partial charge >= 0.3 is 0 Å². The van der Waals surface area contributed by atoms with E-state index in [4.69, 9.17) is 6.42 Å². The van der Waals surface area contributed by atoms with E-state index >= 15 is 0 Å². The van der Waals surface area contributed by atoms with Crippen LogP contribution in [0.15, 0.2) is 24.3 Å². The van der Waals surface area contributed by atoms with Crippen molar-refractivity contribution in [3.05, 3.63) is 35.4 Å². The molecule has 0 fully saturated rings. The summed E-state index contributed by atoms with van der Waals surface area (Å²) >= 11 is 0. The van der Waals surface area contributed by atoms with Gasteiger partial charge in [-0.15, -0.1) is 6.42 Å². The Morgan fingerprint density at radius 1 is 1.31 bits per heavy atom. The molecule has 0 bridgehead atoms. The van der Waals surface area contributed by atoms with Crippen molar-refractivity contribution in [3.8, 4) is 12.3 Å². The third-order valence-corrected chi connectivity index (χ3v) is 2.13. The number of hydrogen-bond acceptors (Lipinski definition) is 2. The number of hydrogen-bond donors (Lipinski definition) is 2. The lowest BCUT2D eigenvalue weighted by Gasteiger charge is -2.05. The molecule has 0 spiro atoms. The normalized spacial score (nSPS) is 9.50. The van der Waals surface area contributed by atoms with Gasteiger partial charge < -0.3 is 10.6 Å². The van der Waals surface area contributed by atoms with Crippen molar-refractivity contribution in [2.24, 2.45) is 0 Å². The SMILES string of the molecule is C#CCNCCNC(=O)c1ccc(C)cc1. The molecule has 3 heteroatoms. The molecule has 1 rings (SSSR count). The Morgan fingerprint density at radius 2 is 2.00 bits per heavy atom. The molecule has 0 unspecified atom stereocenters. The molecule has 1 amide bonds. The molecule has 16 heavy (non-hydrogen) atoms. The van der Waals surface area contributed by atoms with Crippen molar-refractivity contribution < 1.29 is 4.79 Å². The average Bonchev–Trinajstić information content (AvgIpc) is 2.29. The number of aryl methyl sites for hydroxylation is 1. The topological polar surface area (TPSA) is 41.1 Å². The van der Waals surface area contributed by atoms with Crippen LogP contribution < -0.4 is 10.6 Å². The van der Waals surface area contributed by atoms with Gasteiger partial charge in [0.25, 0.3) is 5.91 Å². The minimum atomic E-state index is -0.0532. The van der Waals surface area contributed by atoms with Crippen LogP contribution in [0.25, 0.3) is 0 Å². The fourth-order valence-electron chi connectivity index (χ4n) is 1.23. The summed E-state index contributed by atoms with van der Waals surface area (Å²) in [6, 6.07) is 7.48. The number of nitrogens with one attached hydrogen (secondary N) is 2. The van der Waals surface area contributed by atoms with E-state index < -0.39 is 0 Å². The summed E-state index contributed by atoms with van der Waals surface area (Å²) in [4.78, 5) is 11.6. The second-order valence-electron chi connectivity index (χ2n) is 3.50. The molecule has 0 aromatic heterocycles. The van der Waals surface area contributed by atoms with Gasteiger partial charge in [-0.3, -0.25) is 4.79 Å². The maximum Gasteiger partial charge on any atom is 0.251 e. The van der Waals surface area contributed by atoms with Crippen LogP contribution in [0.3, 0.4) is 0 Å². The highest BCUT2D eigenvalue weighted by Gasteiger charge is 2.02. The second kappa shape index (κ2) is 6.65. The van der Waals surface area contributed by atoms with Crippen LogP contribution in [0.5, 0.6) is 0 Å². The molecule has 0 radical (unpaired) electrons. The van der Waals surface area contributed by atoms with Crippen molar-refractivity contribution in [3.63, 3.8) is 0 Å². The van der Waals surface area contributed by atoms with E-state index in [1.165, 1.54) is 0 Å². The lowest BCUT2D eigenvalue weighted by Crippen LogP contribution is -2.31. The molecular weight excluding hydrogens is 200 g/mol. The number of terminal acetylenes is 1. The Bertz CT molecular complexity index is 376. The zero-order chi connectivity index (χ0) is 11.8. The molecule has 0 aliphatic heterocycles. The largest absolute Gasteiger partial charge is 0.351 e. The van der Waals surface area contributed by atoms with Crippen molar-refractivity contribution >= 4 is 5.91 Å². The molecule has 0 aliphatic rings. The fraction of sp³-hybridized carbons (Fsp3) is 0.308. The molecule has 3 nitrogen and oxygen atoms in total. The van der Waals surface area contributed by atoms with E-state index in [1.807, 2.05) is 31.2 Å². The number of amides is 1. The predicted octanol–water partition coefficient (Wildman–Crippen LogP) is 0.948. The first-order chi connectivity index (χ1) is 7.74. The number of carbonyl (C=O) groups excluding carboxylic acids is 1. The fourth-order valence-corrected chi connectivity index (χ4v) is 1.23. The summed E-state index contributed by atoms with van der Waals surface area (Å²) in [5.74, 6) is 2.42. The smallest absolute Gasteiger partial charge is 0.251 e. The Morgan fingerprint density at radius 3 is 2.62 bits per heavy atom. The molecule has 0 atom stereocenters. The highest BCUT2D eigenvalue weighted by Crippen LogP contribution is 2.02. The number of rotatable bonds is 5. The standard InChI is InChI=1S/C13H16N2O/c1-3-8-14-9-10-15-13(16)12-6-4-11(2)5-7-12/h1,4-7,14H,8-10H2,2H3,(H,15,16). The first-order valence-electron chi connectivity index (χ1n) is 5.23. The zero-order valence-electron chi connectivity index (χ0n) is 9.42. The average molecular weight is 216 g/mol. The maximum absolute atomic E-state index is 11.6. The van der Waals surface area contributed by atoms with Crippen LogP contribution >= 0.6 is 0 Å². The molecule has 0 aliphatic carbocycles. The second-order valence-corrected chi connectivity index (χ2v) is 3.50. The van der Waals surface area contributed by atoms with Crippen molar-refractivity contribution in [2.45, 2.75) is 6.92 Å². The number of carbonyl (C=O) groups is 1. The van der Waals surface area contributed by atoms with Gasteiger partial charge in [-0.1, -0.05) is 23.6 Å². The summed E-state index contributed by atoms with van der Waals surface area (Å²) in [6.45, 7) is 3.78. The summed E-state index contributed by atoms with van der Waals surface area (Å²) in [7, 11) is 0. The van der Waals surface area contributed by atoms with Crippen LogP contribution in [-0.4, -0.2) is 25.5 Å². The van der Waals surface area contributed by atoms with Crippen LogP contribution in [0.2, 0.25) is 0 Å². The van der Waals surface area contributed by atoms with Gasteiger partial charge in [-0.25, -0.2) is 0 Å². The molecule has 1 aromatic rings. The highest BCUT2D eigenvalue weighted by atomic mass is 16.1. The Kier molecular flexibility index (Phi) is 5.10. The van der Waals surface area contributed by atoms with E-state index in [0.29, 0.717) is 25.2 Å². The Labute approximate surface area is 96.2 Å². The Hall–Kier alpha value is -1.79. The predicted molar refractivity (Wildman–Crippen MR) is 65.2 cm³/mol. The molecule has 84 valence electrons. The first kappa shape index (κ1) is 12.3. The summed E-state index contributed by atoms with van der Waals surface area (Å²) in [6.07, 6.45) is 5.08. The minimum absolute atomic E-state index is 0.0532. The van der Waals surface area contributed by atoms with Crippen molar-refractivity contribution in [1.29, 1.82) is 0 Å². The molecule has 2 N–H and O–H groups in total. The molecule has 1 aromatic carbocycles. The van der Waals surface area contributed by atoms with E-state index in [2.05, 4.69) is 16.6 Å². The molecule has 0 saturated heterocycles. The van der Waals surface area contributed by atoms with Gasteiger partial charge in [0.1, 0.15) is 0 Å². The van der Waals surface area contributed by atoms with Gasteiger partial charge in [0.15, 0.2) is 0 Å². The molecule has 0 heterocycles. The van der Waals surface area contributed by atoms with Gasteiger partial charge in [0.2, 0.25) is 0 Å². The van der Waals surface area contributed by atoms with Crippen LogP contribution in [0.1, 0.15) is 15.9 Å². The van der Waals surface area contributed by atoms with Crippen LogP contribution in [0.4, 0.5) is 0 Å². The zero-order valence-corrected chi connectivity index (χ0v) is 9.42. The van der Waals surface area contributed by atoms with Gasteiger partial charge in [-0.05, 0) is 19.1 Å². The maximum atomic E-state index is 11.6. The molecular formula is C13H16N2O. The van der Waals surface area contributed by atoms with E-state index in [0.717, 1.165) is 5.56 Å². The van der Waals surface area contributed by atoms with Gasteiger partial charge in [-0.2, -0.15) is 0 Å². The van der Waals surface area contributed by atoms with Crippen molar-refractivity contribution in [2.75, 3.05) is 19.6 Å². The molecule has 0 saturated carbocycles. The summed E-state index contributed by atoms with van der Waals surface area (Å²) in [5.41, 5.74) is 1.83. The van der Waals surface area contributed by atoms with Crippen LogP contribution in [0, 0.1) is 19.3 Å². The first-order valence-corrected chi connectivity index (χ1v) is 5.23.